The van der Waals surface area contributed by atoms with Crippen molar-refractivity contribution in [1.29, 1.82) is 5.26 Å². The van der Waals surface area contributed by atoms with Crippen LogP contribution < -0.4 is 10.2 Å². The van der Waals surface area contributed by atoms with E-state index in [1.807, 2.05) is 63.2 Å². The SMILES string of the molecule is Cc1cc(C)c(NC(=O)C[NH+](C)C/C(O)=C(\C#N)c2nc3ccccc3[nH]2)c(C)c1. The van der Waals surface area contributed by atoms with Crippen LogP contribution in [0.4, 0.5) is 5.69 Å². The Morgan fingerprint density at radius 1 is 1.20 bits per heavy atom. The van der Waals surface area contributed by atoms with E-state index in [2.05, 4.69) is 15.3 Å². The minimum absolute atomic E-state index is 0.0798. The Kier molecular flexibility index (Phi) is 6.19. The smallest absolute Gasteiger partial charge is 0.279 e. The van der Waals surface area contributed by atoms with Crippen molar-refractivity contribution in [2.24, 2.45) is 0 Å². The number of para-hydroxylation sites is 2. The van der Waals surface area contributed by atoms with Crippen LogP contribution in [0.1, 0.15) is 22.5 Å². The van der Waals surface area contributed by atoms with Crippen LogP contribution in [0.25, 0.3) is 16.6 Å². The average Bonchev–Trinajstić information content (AvgIpc) is 3.08. The zero-order valence-electron chi connectivity index (χ0n) is 17.6. The first-order valence-electron chi connectivity index (χ1n) is 9.74. The summed E-state index contributed by atoms with van der Waals surface area (Å²) in [5, 5.41) is 23.0. The van der Waals surface area contributed by atoms with Crippen molar-refractivity contribution in [2.75, 3.05) is 25.5 Å². The number of rotatable bonds is 6. The minimum atomic E-state index is -0.155. The number of aryl methyl sites for hydroxylation is 3. The summed E-state index contributed by atoms with van der Waals surface area (Å²) in [5.74, 6) is 0.0570. The molecular weight excluding hydrogens is 378 g/mol. The molecule has 3 aromatic rings. The second kappa shape index (κ2) is 8.80. The molecule has 154 valence electrons. The molecule has 0 aliphatic rings. The Labute approximate surface area is 175 Å². The van der Waals surface area contributed by atoms with E-state index in [-0.39, 0.29) is 30.3 Å². The Hall–Kier alpha value is -3.63. The summed E-state index contributed by atoms with van der Waals surface area (Å²) < 4.78 is 0. The molecule has 0 bridgehead atoms. The molecule has 0 spiro atoms. The Bertz CT molecular complexity index is 1110. The lowest BCUT2D eigenvalue weighted by Crippen LogP contribution is -3.10. The molecule has 0 saturated heterocycles. The van der Waals surface area contributed by atoms with Crippen molar-refractivity contribution in [1.82, 2.24) is 9.97 Å². The van der Waals surface area contributed by atoms with Crippen molar-refractivity contribution < 1.29 is 14.8 Å². The lowest BCUT2D eigenvalue weighted by molar-refractivity contribution is -0.867. The highest BCUT2D eigenvalue weighted by molar-refractivity contribution is 5.93. The van der Waals surface area contributed by atoms with E-state index in [4.69, 9.17) is 0 Å². The van der Waals surface area contributed by atoms with Gasteiger partial charge in [0, 0.05) is 5.69 Å². The molecule has 1 heterocycles. The van der Waals surface area contributed by atoms with E-state index < -0.39 is 0 Å². The van der Waals surface area contributed by atoms with Crippen molar-refractivity contribution in [2.45, 2.75) is 20.8 Å². The predicted molar refractivity (Wildman–Crippen MR) is 117 cm³/mol. The first-order valence-corrected chi connectivity index (χ1v) is 9.74. The van der Waals surface area contributed by atoms with E-state index in [0.29, 0.717) is 5.82 Å². The fraction of sp³-hybridized carbons (Fsp3) is 0.261. The van der Waals surface area contributed by atoms with Crippen LogP contribution in [-0.4, -0.2) is 41.1 Å². The molecule has 1 unspecified atom stereocenters. The number of likely N-dealkylation sites (N-methyl/N-ethyl adjacent to an activating group) is 1. The summed E-state index contributed by atoms with van der Waals surface area (Å²) in [5.41, 5.74) is 5.58. The van der Waals surface area contributed by atoms with Crippen molar-refractivity contribution in [3.63, 3.8) is 0 Å². The van der Waals surface area contributed by atoms with Crippen LogP contribution in [0.3, 0.4) is 0 Å². The first kappa shape index (κ1) is 21.1. The molecule has 7 heteroatoms. The van der Waals surface area contributed by atoms with Gasteiger partial charge in [0.05, 0.1) is 18.1 Å². The predicted octanol–water partition coefficient (Wildman–Crippen LogP) is 2.43. The van der Waals surface area contributed by atoms with Crippen LogP contribution in [-0.2, 0) is 4.79 Å². The van der Waals surface area contributed by atoms with Gasteiger partial charge in [0.15, 0.2) is 18.1 Å². The molecule has 4 N–H and O–H groups in total. The number of imidazole rings is 1. The van der Waals surface area contributed by atoms with Gasteiger partial charge in [-0.15, -0.1) is 0 Å². The number of aliphatic hydroxyl groups excluding tert-OH is 1. The second-order valence-electron chi connectivity index (χ2n) is 7.67. The largest absolute Gasteiger partial charge is 0.506 e. The number of hydrogen-bond acceptors (Lipinski definition) is 4. The number of anilines is 1. The Morgan fingerprint density at radius 2 is 1.87 bits per heavy atom. The highest BCUT2D eigenvalue weighted by Crippen LogP contribution is 2.21. The van der Waals surface area contributed by atoms with Crippen LogP contribution in [0, 0.1) is 32.1 Å². The number of quaternary nitrogens is 1. The number of carbonyl (C=O) groups excluding carboxylic acids is 1. The van der Waals surface area contributed by atoms with Crippen molar-refractivity contribution >= 4 is 28.2 Å². The van der Waals surface area contributed by atoms with Crippen LogP contribution in [0.2, 0.25) is 0 Å². The molecule has 7 nitrogen and oxygen atoms in total. The maximum Gasteiger partial charge on any atom is 0.279 e. The molecule has 0 radical (unpaired) electrons. The standard InChI is InChI=1S/C23H25N5O2/c1-14-9-15(2)22(16(3)10-14)27-21(30)13-28(4)12-20(29)17(11-24)23-25-18-7-5-6-8-19(18)26-23/h5-10,29H,12-13H2,1-4H3,(H,25,26)(H,27,30)/p+1/b20-17-. The molecule has 1 amide bonds. The number of nitriles is 1. The number of nitrogens with zero attached hydrogens (tertiary/aromatic N) is 2. The lowest BCUT2D eigenvalue weighted by Gasteiger charge is -2.16. The molecule has 0 aliphatic carbocycles. The van der Waals surface area contributed by atoms with Gasteiger partial charge in [-0.25, -0.2) is 4.98 Å². The molecule has 0 aliphatic heterocycles. The number of allylic oxidation sites excluding steroid dienone is 1. The number of aromatic amines is 1. The number of carbonyl (C=O) groups is 1. The third-order valence-corrected chi connectivity index (χ3v) is 4.90. The summed E-state index contributed by atoms with van der Waals surface area (Å²) in [7, 11) is 1.79. The number of aliphatic hydroxyl groups is 1. The van der Waals surface area contributed by atoms with Crippen LogP contribution >= 0.6 is 0 Å². The number of amides is 1. The van der Waals surface area contributed by atoms with Gasteiger partial charge < -0.3 is 20.3 Å². The van der Waals surface area contributed by atoms with Gasteiger partial charge in [0.2, 0.25) is 0 Å². The summed E-state index contributed by atoms with van der Waals surface area (Å²) in [6.07, 6.45) is 0. The van der Waals surface area contributed by atoms with Crippen LogP contribution in [0.15, 0.2) is 42.2 Å². The maximum absolute atomic E-state index is 12.5. The Morgan fingerprint density at radius 3 is 2.50 bits per heavy atom. The number of hydrogen-bond donors (Lipinski definition) is 4. The lowest BCUT2D eigenvalue weighted by atomic mass is 10.1. The highest BCUT2D eigenvalue weighted by Gasteiger charge is 2.19. The fourth-order valence-corrected chi connectivity index (χ4v) is 3.60. The van der Waals surface area contributed by atoms with Gasteiger partial charge in [0.1, 0.15) is 18.2 Å². The summed E-state index contributed by atoms with van der Waals surface area (Å²) in [6, 6.07) is 13.5. The van der Waals surface area contributed by atoms with Crippen LogP contribution in [0.5, 0.6) is 0 Å². The third-order valence-electron chi connectivity index (χ3n) is 4.90. The highest BCUT2D eigenvalue weighted by atomic mass is 16.3. The molecule has 0 saturated carbocycles. The summed E-state index contributed by atoms with van der Waals surface area (Å²) in [4.78, 5) is 20.7. The topological polar surface area (TPSA) is 106 Å². The zero-order valence-corrected chi connectivity index (χ0v) is 17.6. The molecule has 1 atom stereocenters. The average molecular weight is 404 g/mol. The van der Waals surface area contributed by atoms with E-state index in [0.717, 1.165) is 38.3 Å². The summed E-state index contributed by atoms with van der Waals surface area (Å²) in [6.45, 7) is 6.23. The van der Waals surface area contributed by atoms with Gasteiger partial charge >= 0.3 is 0 Å². The van der Waals surface area contributed by atoms with Gasteiger partial charge in [-0.3, -0.25) is 4.79 Å². The number of nitrogens with one attached hydrogen (secondary N) is 3. The molecular formula is C23H26N5O2+. The molecule has 0 fully saturated rings. The Balaban J connectivity index is 1.70. The monoisotopic (exact) mass is 404 g/mol. The van der Waals surface area contributed by atoms with Gasteiger partial charge in [-0.05, 0) is 44.0 Å². The van der Waals surface area contributed by atoms with E-state index in [9.17, 15) is 15.2 Å². The molecule has 3 rings (SSSR count). The minimum Gasteiger partial charge on any atom is -0.506 e. The quantitative estimate of drug-likeness (QED) is 0.374. The van der Waals surface area contributed by atoms with E-state index in [1.54, 1.807) is 7.05 Å². The zero-order chi connectivity index (χ0) is 21.8. The maximum atomic E-state index is 12.5. The van der Waals surface area contributed by atoms with E-state index >= 15 is 0 Å². The third kappa shape index (κ3) is 4.67. The van der Waals surface area contributed by atoms with Gasteiger partial charge in [-0.1, -0.05) is 29.8 Å². The van der Waals surface area contributed by atoms with Crippen molar-refractivity contribution in [3.05, 3.63) is 64.7 Å². The molecule has 30 heavy (non-hydrogen) atoms. The number of aromatic nitrogens is 2. The van der Waals surface area contributed by atoms with E-state index in [1.165, 1.54) is 0 Å². The second-order valence-corrected chi connectivity index (χ2v) is 7.67. The molecule has 1 aromatic heterocycles. The normalized spacial score (nSPS) is 12.9. The number of fused-ring (bicyclic) bond motifs is 1. The summed E-state index contributed by atoms with van der Waals surface area (Å²) >= 11 is 0. The number of H-pyrrole nitrogens is 1. The number of benzene rings is 2. The van der Waals surface area contributed by atoms with Gasteiger partial charge in [0.25, 0.3) is 5.91 Å². The first-order chi connectivity index (χ1) is 14.3. The fourth-order valence-electron chi connectivity index (χ4n) is 3.60. The van der Waals surface area contributed by atoms with Crippen molar-refractivity contribution in [3.8, 4) is 6.07 Å². The van der Waals surface area contributed by atoms with Gasteiger partial charge in [-0.2, -0.15) is 5.26 Å². The molecule has 2 aromatic carbocycles.